The van der Waals surface area contributed by atoms with Gasteiger partial charge in [0.2, 0.25) is 0 Å². The molecule has 0 bridgehead atoms. The molecule has 3 aliphatic rings. The molecule has 45 heavy (non-hydrogen) atoms. The average Bonchev–Trinajstić information content (AvgIpc) is 3.46. The van der Waals surface area contributed by atoms with Crippen molar-refractivity contribution in [1.29, 1.82) is 0 Å². The fourth-order valence-corrected chi connectivity index (χ4v) is 7.93. The monoisotopic (exact) mass is 573 g/mol. The van der Waals surface area contributed by atoms with Crippen LogP contribution in [0.2, 0.25) is 0 Å². The Bertz CT molecular complexity index is 2340. The maximum Gasteiger partial charge on any atom is 0.256 e. The van der Waals surface area contributed by atoms with Gasteiger partial charge in [0.15, 0.2) is 0 Å². The van der Waals surface area contributed by atoms with E-state index in [1.807, 2.05) is 0 Å². The van der Waals surface area contributed by atoms with Crippen LogP contribution in [-0.2, 0) is 6.42 Å². The summed E-state index contributed by atoms with van der Waals surface area (Å²) >= 11 is 0. The smallest absolute Gasteiger partial charge is 0.256 e. The maximum atomic E-state index is 7.05. The maximum absolute atomic E-state index is 7.05. The van der Waals surface area contributed by atoms with Crippen LogP contribution in [-0.4, -0.2) is 11.3 Å². The fourth-order valence-electron chi connectivity index (χ4n) is 7.93. The predicted molar refractivity (Wildman–Crippen MR) is 188 cm³/mol. The summed E-state index contributed by atoms with van der Waals surface area (Å²) in [4.78, 5) is 0. The van der Waals surface area contributed by atoms with Gasteiger partial charge in [-0.25, -0.2) is 0 Å². The highest BCUT2D eigenvalue weighted by Crippen LogP contribution is 2.44. The number of ether oxygens (including phenoxy) is 1. The third-order valence-corrected chi connectivity index (χ3v) is 9.92. The summed E-state index contributed by atoms with van der Waals surface area (Å²) in [5, 5.41) is 1.31. The molecule has 0 saturated carbocycles. The predicted octanol–water partition coefficient (Wildman–Crippen LogP) is 8.53. The van der Waals surface area contributed by atoms with Gasteiger partial charge in [-0.05, 0) is 75.2 Å². The Morgan fingerprint density at radius 1 is 0.600 bits per heavy atom. The number of allylic oxidation sites excluding steroid dienone is 1. The standard InChI is InChI=1S/C42H28BNO/c1-4-12-27(13-5-1)30-20-22-38-35(24-30)43-36-25-31(28-14-6-2-7-15-28)21-23-39(36)45-42-33(29-16-8-3-9-17-29)26-34-32-18-10-11-19-37(32)44(38)41(34)40(42)43/h1-10,12-18,20-26H,11,19H2. The molecule has 2 aliphatic heterocycles. The summed E-state index contributed by atoms with van der Waals surface area (Å²) in [7, 11) is 0. The molecule has 10 rings (SSSR count). The first kappa shape index (κ1) is 24.9. The van der Waals surface area contributed by atoms with Gasteiger partial charge in [-0.3, -0.25) is 0 Å². The lowest BCUT2D eigenvalue weighted by molar-refractivity contribution is 0.489. The molecule has 3 heterocycles. The summed E-state index contributed by atoms with van der Waals surface area (Å²) in [5.41, 5.74) is 16.4. The highest BCUT2D eigenvalue weighted by Gasteiger charge is 2.42. The molecule has 1 aliphatic carbocycles. The fraction of sp³-hybridized carbons (Fsp3) is 0.0476. The minimum absolute atomic E-state index is 0.0325. The molecule has 1 aromatic heterocycles. The number of nitrogens with zero attached hydrogens (tertiary/aromatic N) is 1. The SMILES string of the molecule is C1=Cc2c(n3c4c5c(c(-c6ccccc6)cc24)Oc2ccc(-c4ccccc4)cc2B5c2cc(-c4ccccc4)ccc2-3)CC1. The molecule has 0 saturated heterocycles. The van der Waals surface area contributed by atoms with Crippen molar-refractivity contribution in [1.82, 2.24) is 4.57 Å². The second kappa shape index (κ2) is 9.48. The molecule has 0 unspecified atom stereocenters. The number of hydrogen-bond donors (Lipinski definition) is 0. The van der Waals surface area contributed by atoms with E-state index in [1.54, 1.807) is 0 Å². The van der Waals surface area contributed by atoms with Gasteiger partial charge in [0.25, 0.3) is 6.71 Å². The lowest BCUT2D eigenvalue weighted by atomic mass is 9.34. The minimum Gasteiger partial charge on any atom is -0.458 e. The van der Waals surface area contributed by atoms with Gasteiger partial charge < -0.3 is 9.30 Å². The molecule has 0 spiro atoms. The lowest BCUT2D eigenvalue weighted by Crippen LogP contribution is -2.58. The highest BCUT2D eigenvalue weighted by molar-refractivity contribution is 6.99. The largest absolute Gasteiger partial charge is 0.458 e. The Labute approximate surface area is 263 Å². The Balaban J connectivity index is 1.34. The molecular weight excluding hydrogens is 545 g/mol. The van der Waals surface area contributed by atoms with Crippen LogP contribution in [0.25, 0.3) is 56.0 Å². The van der Waals surface area contributed by atoms with E-state index in [0.717, 1.165) is 29.9 Å². The lowest BCUT2D eigenvalue weighted by Gasteiger charge is -2.35. The van der Waals surface area contributed by atoms with E-state index >= 15 is 0 Å². The van der Waals surface area contributed by atoms with Crippen molar-refractivity contribution in [3.63, 3.8) is 0 Å². The van der Waals surface area contributed by atoms with Crippen molar-refractivity contribution in [2.45, 2.75) is 12.8 Å². The zero-order valence-corrected chi connectivity index (χ0v) is 24.7. The van der Waals surface area contributed by atoms with Gasteiger partial charge in [-0.15, -0.1) is 0 Å². The number of hydrogen-bond acceptors (Lipinski definition) is 1. The molecule has 7 aromatic rings. The van der Waals surface area contributed by atoms with Crippen molar-refractivity contribution in [2.75, 3.05) is 0 Å². The van der Waals surface area contributed by atoms with Gasteiger partial charge in [0.05, 0.1) is 5.52 Å². The Morgan fingerprint density at radius 3 is 1.96 bits per heavy atom. The van der Waals surface area contributed by atoms with Crippen LogP contribution in [0.3, 0.4) is 0 Å². The summed E-state index contributed by atoms with van der Waals surface area (Å²) in [6.45, 7) is 0.0325. The topological polar surface area (TPSA) is 14.2 Å². The van der Waals surface area contributed by atoms with E-state index in [2.05, 4.69) is 150 Å². The van der Waals surface area contributed by atoms with E-state index in [4.69, 9.17) is 4.74 Å². The zero-order chi connectivity index (χ0) is 29.5. The van der Waals surface area contributed by atoms with Gasteiger partial charge in [0, 0.05) is 27.9 Å². The van der Waals surface area contributed by atoms with E-state index in [0.29, 0.717) is 0 Å². The van der Waals surface area contributed by atoms with Crippen molar-refractivity contribution < 1.29 is 4.74 Å². The van der Waals surface area contributed by atoms with Crippen LogP contribution in [0.1, 0.15) is 17.7 Å². The highest BCUT2D eigenvalue weighted by atomic mass is 16.5. The summed E-state index contributed by atoms with van der Waals surface area (Å²) < 4.78 is 9.62. The van der Waals surface area contributed by atoms with Crippen LogP contribution in [0.5, 0.6) is 11.5 Å². The van der Waals surface area contributed by atoms with E-state index in [-0.39, 0.29) is 6.71 Å². The molecular formula is C42H28BNO. The summed E-state index contributed by atoms with van der Waals surface area (Å²) in [5.74, 6) is 1.92. The molecule has 210 valence electrons. The van der Waals surface area contributed by atoms with Gasteiger partial charge in [-0.1, -0.05) is 127 Å². The molecule has 6 aromatic carbocycles. The van der Waals surface area contributed by atoms with E-state index in [9.17, 15) is 0 Å². The van der Waals surface area contributed by atoms with Crippen LogP contribution in [0.15, 0.2) is 140 Å². The summed E-state index contributed by atoms with van der Waals surface area (Å²) in [6.07, 6.45) is 6.76. The van der Waals surface area contributed by atoms with Crippen LogP contribution in [0, 0.1) is 0 Å². The zero-order valence-electron chi connectivity index (χ0n) is 24.7. The third-order valence-electron chi connectivity index (χ3n) is 9.92. The van der Waals surface area contributed by atoms with Crippen LogP contribution in [0.4, 0.5) is 0 Å². The normalized spacial score (nSPS) is 13.6. The van der Waals surface area contributed by atoms with Crippen molar-refractivity contribution in [3.8, 4) is 50.6 Å². The molecule has 0 atom stereocenters. The van der Waals surface area contributed by atoms with Gasteiger partial charge in [-0.2, -0.15) is 0 Å². The number of fused-ring (bicyclic) bond motifs is 8. The van der Waals surface area contributed by atoms with Crippen LogP contribution < -0.4 is 21.1 Å². The Morgan fingerprint density at radius 2 is 1.24 bits per heavy atom. The molecule has 0 radical (unpaired) electrons. The molecule has 0 N–H and O–H groups in total. The van der Waals surface area contributed by atoms with Crippen molar-refractivity contribution >= 4 is 40.1 Å². The Hall–Kier alpha value is -5.54. The second-order valence-electron chi connectivity index (χ2n) is 12.4. The average molecular weight is 574 g/mol. The quantitative estimate of drug-likeness (QED) is 0.193. The Kier molecular flexibility index (Phi) is 5.24. The van der Waals surface area contributed by atoms with Crippen LogP contribution >= 0.6 is 0 Å². The first-order valence-corrected chi connectivity index (χ1v) is 15.9. The van der Waals surface area contributed by atoms with E-state index < -0.39 is 0 Å². The second-order valence-corrected chi connectivity index (χ2v) is 12.4. The first-order valence-electron chi connectivity index (χ1n) is 15.9. The molecule has 3 heteroatoms. The minimum atomic E-state index is 0.0325. The van der Waals surface area contributed by atoms with Crippen molar-refractivity contribution in [3.05, 3.63) is 151 Å². The molecule has 0 fully saturated rings. The van der Waals surface area contributed by atoms with Gasteiger partial charge in [0.1, 0.15) is 11.5 Å². The third kappa shape index (κ3) is 3.58. The van der Waals surface area contributed by atoms with Gasteiger partial charge >= 0.3 is 0 Å². The summed E-state index contributed by atoms with van der Waals surface area (Å²) in [6, 6.07) is 48.5. The number of benzene rings is 6. The number of rotatable bonds is 3. The molecule has 0 amide bonds. The number of aromatic nitrogens is 1. The van der Waals surface area contributed by atoms with Crippen molar-refractivity contribution in [2.24, 2.45) is 0 Å². The molecule has 2 nitrogen and oxygen atoms in total. The van der Waals surface area contributed by atoms with E-state index in [1.165, 1.54) is 72.1 Å². The first-order chi connectivity index (χ1) is 22.3.